The lowest BCUT2D eigenvalue weighted by Crippen LogP contribution is -1.98. The number of aryl methyl sites for hydroxylation is 2. The van der Waals surface area contributed by atoms with E-state index in [4.69, 9.17) is 4.98 Å². The maximum atomic E-state index is 4.77. The van der Waals surface area contributed by atoms with Gasteiger partial charge >= 0.3 is 0 Å². The Hall–Kier alpha value is -1.35. The van der Waals surface area contributed by atoms with E-state index >= 15 is 0 Å². The molecule has 0 bridgehead atoms. The van der Waals surface area contributed by atoms with Crippen LogP contribution >= 0.6 is 11.3 Å². The normalized spacial score (nSPS) is 14.4. The highest BCUT2D eigenvalue weighted by atomic mass is 32.1. The molecule has 0 aliphatic heterocycles. The zero-order valence-corrected chi connectivity index (χ0v) is 10.8. The lowest BCUT2D eigenvalue weighted by molar-refractivity contribution is 0.682. The molecule has 1 aromatic heterocycles. The smallest absolute Gasteiger partial charge is 0.123 e. The second-order valence-corrected chi connectivity index (χ2v) is 5.51. The number of hydrogen-bond donors (Lipinski definition) is 1. The predicted molar refractivity (Wildman–Crippen MR) is 73.7 cm³/mol. The summed E-state index contributed by atoms with van der Waals surface area (Å²) in [6.07, 6.45) is 5.02. The molecule has 0 radical (unpaired) electrons. The summed E-state index contributed by atoms with van der Waals surface area (Å²) < 4.78 is 0. The van der Waals surface area contributed by atoms with Gasteiger partial charge in [-0.05, 0) is 49.9 Å². The SMILES string of the molecule is CNc1ccc(-c2nc3c(s2)CCCC3)cc1. The van der Waals surface area contributed by atoms with Crippen LogP contribution in [-0.2, 0) is 12.8 Å². The number of hydrogen-bond acceptors (Lipinski definition) is 3. The highest BCUT2D eigenvalue weighted by molar-refractivity contribution is 7.15. The highest BCUT2D eigenvalue weighted by Crippen LogP contribution is 2.32. The molecule has 0 amide bonds. The Balaban J connectivity index is 1.94. The summed E-state index contributed by atoms with van der Waals surface area (Å²) in [5.41, 5.74) is 3.73. The molecule has 3 rings (SSSR count). The number of thiazole rings is 1. The molecule has 3 heteroatoms. The number of fused-ring (bicyclic) bond motifs is 1. The van der Waals surface area contributed by atoms with Gasteiger partial charge in [0.2, 0.25) is 0 Å². The highest BCUT2D eigenvalue weighted by Gasteiger charge is 2.15. The Kier molecular flexibility index (Phi) is 2.85. The number of benzene rings is 1. The van der Waals surface area contributed by atoms with E-state index in [2.05, 4.69) is 29.6 Å². The summed E-state index contributed by atoms with van der Waals surface area (Å²) in [5, 5.41) is 4.32. The molecule has 17 heavy (non-hydrogen) atoms. The lowest BCUT2D eigenvalue weighted by atomic mass is 10.0. The zero-order valence-electron chi connectivity index (χ0n) is 9.99. The zero-order chi connectivity index (χ0) is 11.7. The second-order valence-electron chi connectivity index (χ2n) is 4.42. The van der Waals surface area contributed by atoms with Crippen molar-refractivity contribution in [3.8, 4) is 10.6 Å². The molecule has 2 nitrogen and oxygen atoms in total. The van der Waals surface area contributed by atoms with Gasteiger partial charge in [0, 0.05) is 23.2 Å². The van der Waals surface area contributed by atoms with Crippen molar-refractivity contribution in [2.75, 3.05) is 12.4 Å². The van der Waals surface area contributed by atoms with Gasteiger partial charge in [0.05, 0.1) is 5.69 Å². The first-order chi connectivity index (χ1) is 8.36. The molecule has 1 aliphatic carbocycles. The minimum absolute atomic E-state index is 1.15. The summed E-state index contributed by atoms with van der Waals surface area (Å²) in [6, 6.07) is 8.51. The topological polar surface area (TPSA) is 24.9 Å². The van der Waals surface area contributed by atoms with Crippen molar-refractivity contribution in [2.24, 2.45) is 0 Å². The van der Waals surface area contributed by atoms with Gasteiger partial charge in [-0.15, -0.1) is 11.3 Å². The van der Waals surface area contributed by atoms with Crippen LogP contribution in [-0.4, -0.2) is 12.0 Å². The van der Waals surface area contributed by atoms with Crippen molar-refractivity contribution < 1.29 is 0 Å². The molecule has 1 aromatic carbocycles. The largest absolute Gasteiger partial charge is 0.388 e. The van der Waals surface area contributed by atoms with Crippen LogP contribution in [0.5, 0.6) is 0 Å². The average molecular weight is 244 g/mol. The Morgan fingerprint density at radius 2 is 1.88 bits per heavy atom. The van der Waals surface area contributed by atoms with Crippen LogP contribution in [0.15, 0.2) is 24.3 Å². The van der Waals surface area contributed by atoms with Crippen molar-refractivity contribution in [2.45, 2.75) is 25.7 Å². The Bertz CT molecular complexity index is 490. The van der Waals surface area contributed by atoms with Crippen molar-refractivity contribution >= 4 is 17.0 Å². The fourth-order valence-electron chi connectivity index (χ4n) is 2.25. The summed E-state index contributed by atoms with van der Waals surface area (Å²) in [6.45, 7) is 0. The minimum Gasteiger partial charge on any atom is -0.388 e. The van der Waals surface area contributed by atoms with Crippen molar-refractivity contribution in [1.29, 1.82) is 0 Å². The quantitative estimate of drug-likeness (QED) is 0.870. The molecule has 2 aromatic rings. The van der Waals surface area contributed by atoms with Crippen LogP contribution < -0.4 is 5.32 Å². The molecule has 0 fully saturated rings. The molecule has 0 unspecified atom stereocenters. The lowest BCUT2D eigenvalue weighted by Gasteiger charge is -2.06. The molecular weight excluding hydrogens is 228 g/mol. The van der Waals surface area contributed by atoms with Crippen LogP contribution in [0, 0.1) is 0 Å². The summed E-state index contributed by atoms with van der Waals surface area (Å²) in [7, 11) is 1.94. The summed E-state index contributed by atoms with van der Waals surface area (Å²) in [5.74, 6) is 0. The monoisotopic (exact) mass is 244 g/mol. The van der Waals surface area contributed by atoms with Crippen LogP contribution in [0.4, 0.5) is 5.69 Å². The fourth-order valence-corrected chi connectivity index (χ4v) is 3.41. The van der Waals surface area contributed by atoms with Crippen LogP contribution in [0.2, 0.25) is 0 Å². The van der Waals surface area contributed by atoms with Gasteiger partial charge in [0.15, 0.2) is 0 Å². The number of anilines is 1. The number of rotatable bonds is 2. The van der Waals surface area contributed by atoms with Crippen LogP contribution in [0.3, 0.4) is 0 Å². The van der Waals surface area contributed by atoms with Gasteiger partial charge in [-0.25, -0.2) is 4.98 Å². The van der Waals surface area contributed by atoms with Crippen molar-refractivity contribution in [3.63, 3.8) is 0 Å². The standard InChI is InChI=1S/C14H16N2S/c1-15-11-8-6-10(7-9-11)14-16-12-4-2-3-5-13(12)17-14/h6-9,15H,2-5H2,1H3. The van der Waals surface area contributed by atoms with Crippen LogP contribution in [0.1, 0.15) is 23.4 Å². The molecule has 1 heterocycles. The minimum atomic E-state index is 1.15. The van der Waals surface area contributed by atoms with E-state index in [9.17, 15) is 0 Å². The van der Waals surface area contributed by atoms with E-state index in [1.807, 2.05) is 18.4 Å². The second kappa shape index (κ2) is 4.49. The molecule has 1 N–H and O–H groups in total. The van der Waals surface area contributed by atoms with E-state index in [-0.39, 0.29) is 0 Å². The first kappa shape index (κ1) is 10.8. The van der Waals surface area contributed by atoms with E-state index in [0.717, 1.165) is 5.69 Å². The Morgan fingerprint density at radius 3 is 2.59 bits per heavy atom. The molecule has 1 aliphatic rings. The van der Waals surface area contributed by atoms with Gasteiger partial charge in [0.25, 0.3) is 0 Å². The van der Waals surface area contributed by atoms with Gasteiger partial charge < -0.3 is 5.32 Å². The molecular formula is C14H16N2S. The van der Waals surface area contributed by atoms with Crippen molar-refractivity contribution in [1.82, 2.24) is 4.98 Å². The summed E-state index contributed by atoms with van der Waals surface area (Å²) in [4.78, 5) is 6.28. The third-order valence-corrected chi connectivity index (χ3v) is 4.47. The molecule has 0 atom stereocenters. The van der Waals surface area contributed by atoms with E-state index in [0.29, 0.717) is 0 Å². The average Bonchev–Trinajstić information content (AvgIpc) is 2.82. The number of nitrogens with one attached hydrogen (secondary N) is 1. The van der Waals surface area contributed by atoms with Gasteiger partial charge in [-0.1, -0.05) is 0 Å². The molecule has 88 valence electrons. The number of aromatic nitrogens is 1. The van der Waals surface area contributed by atoms with Gasteiger partial charge in [-0.3, -0.25) is 0 Å². The Morgan fingerprint density at radius 1 is 1.12 bits per heavy atom. The molecule has 0 saturated carbocycles. The molecule has 0 saturated heterocycles. The summed E-state index contributed by atoms with van der Waals surface area (Å²) >= 11 is 1.87. The maximum Gasteiger partial charge on any atom is 0.123 e. The first-order valence-corrected chi connectivity index (χ1v) is 6.95. The predicted octanol–water partition coefficient (Wildman–Crippen LogP) is 3.73. The van der Waals surface area contributed by atoms with Gasteiger partial charge in [-0.2, -0.15) is 0 Å². The van der Waals surface area contributed by atoms with Gasteiger partial charge in [0.1, 0.15) is 5.01 Å². The van der Waals surface area contributed by atoms with E-state index in [1.165, 1.54) is 46.8 Å². The third kappa shape index (κ3) is 2.07. The third-order valence-electron chi connectivity index (χ3n) is 3.27. The first-order valence-electron chi connectivity index (χ1n) is 6.13. The Labute approximate surface area is 106 Å². The fraction of sp³-hybridized carbons (Fsp3) is 0.357. The maximum absolute atomic E-state index is 4.77. The molecule has 0 spiro atoms. The van der Waals surface area contributed by atoms with E-state index in [1.54, 1.807) is 0 Å². The van der Waals surface area contributed by atoms with Crippen LogP contribution in [0.25, 0.3) is 10.6 Å². The van der Waals surface area contributed by atoms with E-state index < -0.39 is 0 Å². The number of nitrogens with zero attached hydrogens (tertiary/aromatic N) is 1. The van der Waals surface area contributed by atoms with Crippen molar-refractivity contribution in [3.05, 3.63) is 34.8 Å².